The molecule has 0 bridgehead atoms. The molecule has 0 aliphatic carbocycles. The summed E-state index contributed by atoms with van der Waals surface area (Å²) in [7, 11) is -3.89. The maximum absolute atomic E-state index is 12.1. The van der Waals surface area contributed by atoms with E-state index >= 15 is 0 Å². The summed E-state index contributed by atoms with van der Waals surface area (Å²) in [5, 5.41) is 21.0. The Morgan fingerprint density at radius 3 is 2.68 bits per heavy atom. The first-order chi connectivity index (χ1) is 10.1. The quantitative estimate of drug-likeness (QED) is 0.713. The standard InChI is InChI=1S/C12H14N2O5S3/c1-7-14-8(5-20-7)9-3-4-10(21-9)22(18,19)13-6-12(2,17)11(15)16/h3-5,13,17H,6H2,1-2H3,(H,15,16). The number of aromatic nitrogens is 1. The van der Waals surface area contributed by atoms with Crippen LogP contribution in [0, 0.1) is 6.92 Å². The van der Waals surface area contributed by atoms with Crippen molar-refractivity contribution >= 4 is 38.7 Å². The Hall–Kier alpha value is -1.33. The summed E-state index contributed by atoms with van der Waals surface area (Å²) in [5.74, 6) is -1.50. The van der Waals surface area contributed by atoms with Gasteiger partial charge >= 0.3 is 5.97 Å². The van der Waals surface area contributed by atoms with E-state index in [9.17, 15) is 18.3 Å². The number of carboxylic acid groups (broad SMARTS) is 1. The normalized spacial score (nSPS) is 14.7. The average Bonchev–Trinajstić information content (AvgIpc) is 3.05. The third kappa shape index (κ3) is 3.70. The molecule has 10 heteroatoms. The summed E-state index contributed by atoms with van der Waals surface area (Å²) in [6, 6.07) is 3.07. The maximum Gasteiger partial charge on any atom is 0.336 e. The van der Waals surface area contributed by atoms with E-state index in [1.165, 1.54) is 17.4 Å². The van der Waals surface area contributed by atoms with E-state index < -0.39 is 28.1 Å². The number of carboxylic acids is 1. The molecular formula is C12H14N2O5S3. The summed E-state index contributed by atoms with van der Waals surface area (Å²) < 4.78 is 26.4. The highest BCUT2D eigenvalue weighted by atomic mass is 32.2. The van der Waals surface area contributed by atoms with Crippen molar-refractivity contribution in [3.05, 3.63) is 22.5 Å². The molecule has 0 aliphatic heterocycles. The Labute approximate surface area is 135 Å². The Kier molecular flexibility index (Phi) is 4.68. The van der Waals surface area contributed by atoms with Crippen LogP contribution in [0.25, 0.3) is 10.6 Å². The van der Waals surface area contributed by atoms with Crippen LogP contribution in [0.5, 0.6) is 0 Å². The first kappa shape index (κ1) is 17.0. The number of hydrogen-bond donors (Lipinski definition) is 3. The molecule has 0 amide bonds. The molecule has 0 spiro atoms. The van der Waals surface area contributed by atoms with Crippen LogP contribution in [0.3, 0.4) is 0 Å². The fourth-order valence-corrected chi connectivity index (χ4v) is 4.59. The van der Waals surface area contributed by atoms with Crippen LogP contribution >= 0.6 is 22.7 Å². The summed E-state index contributed by atoms with van der Waals surface area (Å²) in [4.78, 5) is 15.8. The van der Waals surface area contributed by atoms with Crippen LogP contribution in [0.2, 0.25) is 0 Å². The number of hydrogen-bond acceptors (Lipinski definition) is 7. The Bertz CT molecular complexity index is 791. The Balaban J connectivity index is 2.17. The monoisotopic (exact) mass is 362 g/mol. The fraction of sp³-hybridized carbons (Fsp3) is 0.333. The predicted octanol–water partition coefficient (Wildman–Crippen LogP) is 1.29. The molecule has 2 aromatic heterocycles. The van der Waals surface area contributed by atoms with Crippen molar-refractivity contribution in [1.82, 2.24) is 9.71 Å². The first-order valence-corrected chi connectivity index (χ1v) is 9.27. The zero-order valence-electron chi connectivity index (χ0n) is 11.7. The second-order valence-corrected chi connectivity index (χ2v) is 8.91. The van der Waals surface area contributed by atoms with Crippen molar-refractivity contribution in [2.75, 3.05) is 6.54 Å². The molecule has 2 aromatic rings. The molecule has 0 aliphatic rings. The highest BCUT2D eigenvalue weighted by Gasteiger charge is 2.32. The lowest BCUT2D eigenvalue weighted by molar-refractivity contribution is -0.155. The average molecular weight is 362 g/mol. The second kappa shape index (κ2) is 6.05. The zero-order valence-corrected chi connectivity index (χ0v) is 14.2. The van der Waals surface area contributed by atoms with Gasteiger partial charge in [0.15, 0.2) is 5.60 Å². The number of aliphatic carboxylic acids is 1. The van der Waals surface area contributed by atoms with Gasteiger partial charge in [-0.05, 0) is 26.0 Å². The van der Waals surface area contributed by atoms with Gasteiger partial charge in [0.2, 0.25) is 10.0 Å². The number of thiazole rings is 1. The molecule has 0 saturated heterocycles. The van der Waals surface area contributed by atoms with E-state index in [0.29, 0.717) is 10.6 Å². The van der Waals surface area contributed by atoms with Crippen molar-refractivity contribution < 1.29 is 23.4 Å². The summed E-state index contributed by atoms with van der Waals surface area (Å²) in [6.45, 7) is 2.26. The molecule has 0 fully saturated rings. The molecule has 22 heavy (non-hydrogen) atoms. The van der Waals surface area contributed by atoms with E-state index in [-0.39, 0.29) is 4.21 Å². The number of aryl methyl sites for hydroxylation is 1. The van der Waals surface area contributed by atoms with Crippen LogP contribution in [0.4, 0.5) is 0 Å². The minimum atomic E-state index is -3.89. The van der Waals surface area contributed by atoms with Crippen LogP contribution in [0.15, 0.2) is 21.7 Å². The molecule has 0 aromatic carbocycles. The van der Waals surface area contributed by atoms with E-state index in [1.54, 1.807) is 6.07 Å². The van der Waals surface area contributed by atoms with Gasteiger partial charge in [0.25, 0.3) is 0 Å². The Morgan fingerprint density at radius 1 is 1.45 bits per heavy atom. The number of sulfonamides is 1. The Morgan fingerprint density at radius 2 is 2.14 bits per heavy atom. The minimum absolute atomic E-state index is 0.0364. The summed E-state index contributed by atoms with van der Waals surface area (Å²) in [6.07, 6.45) is 0. The van der Waals surface area contributed by atoms with Gasteiger partial charge in [-0.15, -0.1) is 22.7 Å². The number of carbonyl (C=O) groups is 1. The molecule has 3 N–H and O–H groups in total. The smallest absolute Gasteiger partial charge is 0.336 e. The summed E-state index contributed by atoms with van der Waals surface area (Å²) in [5.41, 5.74) is -1.47. The number of aliphatic hydroxyl groups is 1. The fourth-order valence-electron chi connectivity index (χ4n) is 1.46. The lowest BCUT2D eigenvalue weighted by Crippen LogP contribution is -2.46. The maximum atomic E-state index is 12.1. The topological polar surface area (TPSA) is 117 Å². The van der Waals surface area contributed by atoms with Gasteiger partial charge in [0.05, 0.1) is 22.1 Å². The molecule has 1 unspecified atom stereocenters. The zero-order chi connectivity index (χ0) is 16.5. The van der Waals surface area contributed by atoms with Crippen molar-refractivity contribution in [3.63, 3.8) is 0 Å². The molecule has 2 rings (SSSR count). The van der Waals surface area contributed by atoms with Crippen molar-refractivity contribution in [2.45, 2.75) is 23.7 Å². The largest absolute Gasteiger partial charge is 0.479 e. The van der Waals surface area contributed by atoms with E-state index in [4.69, 9.17) is 5.11 Å². The van der Waals surface area contributed by atoms with Crippen molar-refractivity contribution in [1.29, 1.82) is 0 Å². The van der Waals surface area contributed by atoms with Crippen molar-refractivity contribution in [2.24, 2.45) is 0 Å². The van der Waals surface area contributed by atoms with Gasteiger partial charge in [0, 0.05) is 5.38 Å². The van der Waals surface area contributed by atoms with Gasteiger partial charge in [0.1, 0.15) is 4.21 Å². The molecule has 120 valence electrons. The predicted molar refractivity (Wildman–Crippen MR) is 83.6 cm³/mol. The first-order valence-electron chi connectivity index (χ1n) is 6.09. The number of rotatable bonds is 6. The van der Waals surface area contributed by atoms with Gasteiger partial charge in [-0.1, -0.05) is 0 Å². The van der Waals surface area contributed by atoms with Gasteiger partial charge < -0.3 is 10.2 Å². The number of nitrogens with zero attached hydrogens (tertiary/aromatic N) is 1. The van der Waals surface area contributed by atoms with E-state index in [1.807, 2.05) is 12.3 Å². The molecule has 0 saturated carbocycles. The van der Waals surface area contributed by atoms with E-state index in [0.717, 1.165) is 23.3 Å². The SMILES string of the molecule is Cc1nc(-c2ccc(S(=O)(=O)NCC(C)(O)C(=O)O)s2)cs1. The molecule has 0 radical (unpaired) electrons. The lowest BCUT2D eigenvalue weighted by Gasteiger charge is -2.17. The third-order valence-electron chi connectivity index (χ3n) is 2.78. The highest BCUT2D eigenvalue weighted by Crippen LogP contribution is 2.31. The molecule has 7 nitrogen and oxygen atoms in total. The number of nitrogens with one attached hydrogen (secondary N) is 1. The third-order valence-corrected chi connectivity index (χ3v) is 6.56. The van der Waals surface area contributed by atoms with Crippen LogP contribution in [-0.2, 0) is 14.8 Å². The van der Waals surface area contributed by atoms with Crippen molar-refractivity contribution in [3.8, 4) is 10.6 Å². The van der Waals surface area contributed by atoms with Crippen LogP contribution in [0.1, 0.15) is 11.9 Å². The molecule has 1 atom stereocenters. The summed E-state index contributed by atoms with van der Waals surface area (Å²) >= 11 is 2.49. The van der Waals surface area contributed by atoms with E-state index in [2.05, 4.69) is 9.71 Å². The lowest BCUT2D eigenvalue weighted by atomic mass is 10.1. The van der Waals surface area contributed by atoms with Gasteiger partial charge in [-0.2, -0.15) is 0 Å². The minimum Gasteiger partial charge on any atom is -0.479 e. The van der Waals surface area contributed by atoms with Gasteiger partial charge in [-0.25, -0.2) is 22.9 Å². The van der Waals surface area contributed by atoms with Crippen LogP contribution in [-0.4, -0.2) is 41.7 Å². The molecular weight excluding hydrogens is 348 g/mol. The van der Waals surface area contributed by atoms with Gasteiger partial charge in [-0.3, -0.25) is 0 Å². The number of thiophene rings is 1. The van der Waals surface area contributed by atoms with Crippen LogP contribution < -0.4 is 4.72 Å². The highest BCUT2D eigenvalue weighted by molar-refractivity contribution is 7.91. The molecule has 2 heterocycles. The second-order valence-electron chi connectivity index (χ2n) is 4.77.